The van der Waals surface area contributed by atoms with Gasteiger partial charge in [-0.1, -0.05) is 13.8 Å². The molecule has 0 amide bonds. The standard InChI is InChI=1S/C17H28N2OS/c1-13-14(11-18-15-4-5-15)10-16(20-13)12-19-7-6-17(2,3)21-9-8-19/h10,15,18H,4-9,11-12H2,1-3H3. The molecule has 3 nitrogen and oxygen atoms in total. The Labute approximate surface area is 132 Å². The van der Waals surface area contributed by atoms with E-state index >= 15 is 0 Å². The smallest absolute Gasteiger partial charge is 0.118 e. The van der Waals surface area contributed by atoms with Crippen molar-refractivity contribution < 1.29 is 4.42 Å². The molecule has 1 aliphatic heterocycles. The zero-order valence-corrected chi connectivity index (χ0v) is 14.4. The molecule has 118 valence electrons. The van der Waals surface area contributed by atoms with E-state index in [1.165, 1.54) is 43.7 Å². The van der Waals surface area contributed by atoms with E-state index in [0.29, 0.717) is 4.75 Å². The summed E-state index contributed by atoms with van der Waals surface area (Å²) in [6.07, 6.45) is 3.93. The fraction of sp³-hybridized carbons (Fsp3) is 0.765. The van der Waals surface area contributed by atoms with Crippen LogP contribution in [0.5, 0.6) is 0 Å². The van der Waals surface area contributed by atoms with Crippen LogP contribution in [0.3, 0.4) is 0 Å². The number of hydrogen-bond acceptors (Lipinski definition) is 4. The second-order valence-electron chi connectivity index (χ2n) is 7.08. The minimum Gasteiger partial charge on any atom is -0.465 e. The van der Waals surface area contributed by atoms with Crippen LogP contribution in [0.25, 0.3) is 0 Å². The number of thioether (sulfide) groups is 1. The quantitative estimate of drug-likeness (QED) is 0.900. The van der Waals surface area contributed by atoms with Crippen LogP contribution in [0.4, 0.5) is 0 Å². The summed E-state index contributed by atoms with van der Waals surface area (Å²) in [5.74, 6) is 3.44. The summed E-state index contributed by atoms with van der Waals surface area (Å²) in [6, 6.07) is 3.01. The zero-order chi connectivity index (χ0) is 14.9. The summed E-state index contributed by atoms with van der Waals surface area (Å²) in [5, 5.41) is 3.57. The Hall–Kier alpha value is -0.450. The molecule has 4 heteroatoms. The van der Waals surface area contributed by atoms with Gasteiger partial charge < -0.3 is 9.73 Å². The Kier molecular flexibility index (Phi) is 4.67. The van der Waals surface area contributed by atoms with E-state index in [1.807, 2.05) is 0 Å². The first-order chi connectivity index (χ1) is 10.0. The van der Waals surface area contributed by atoms with E-state index in [2.05, 4.69) is 48.8 Å². The Bertz CT molecular complexity index is 479. The molecule has 2 fully saturated rings. The molecule has 1 aromatic rings. The van der Waals surface area contributed by atoms with Gasteiger partial charge in [0.05, 0.1) is 6.54 Å². The van der Waals surface area contributed by atoms with Crippen LogP contribution in [-0.4, -0.2) is 34.5 Å². The van der Waals surface area contributed by atoms with Crippen molar-refractivity contribution >= 4 is 11.8 Å². The third-order valence-corrected chi connectivity index (χ3v) is 5.91. The molecule has 0 unspecified atom stereocenters. The molecule has 0 atom stereocenters. The maximum absolute atomic E-state index is 5.97. The van der Waals surface area contributed by atoms with Crippen molar-refractivity contribution in [2.75, 3.05) is 18.8 Å². The molecule has 2 heterocycles. The second kappa shape index (κ2) is 6.35. The van der Waals surface area contributed by atoms with Gasteiger partial charge in [-0.2, -0.15) is 11.8 Å². The highest BCUT2D eigenvalue weighted by Crippen LogP contribution is 2.31. The SMILES string of the molecule is Cc1oc(CN2CCSC(C)(C)CC2)cc1CNC1CC1. The lowest BCUT2D eigenvalue weighted by molar-refractivity contribution is 0.251. The number of nitrogens with one attached hydrogen (secondary N) is 1. The van der Waals surface area contributed by atoms with E-state index in [1.54, 1.807) is 0 Å². The van der Waals surface area contributed by atoms with E-state index in [0.717, 1.165) is 30.7 Å². The van der Waals surface area contributed by atoms with Gasteiger partial charge in [0.1, 0.15) is 11.5 Å². The van der Waals surface area contributed by atoms with E-state index in [4.69, 9.17) is 4.42 Å². The number of aryl methyl sites for hydroxylation is 1. The minimum absolute atomic E-state index is 0.424. The van der Waals surface area contributed by atoms with E-state index in [-0.39, 0.29) is 0 Å². The van der Waals surface area contributed by atoms with Gasteiger partial charge in [0.25, 0.3) is 0 Å². The lowest BCUT2D eigenvalue weighted by Gasteiger charge is -2.22. The summed E-state index contributed by atoms with van der Waals surface area (Å²) < 4.78 is 6.40. The van der Waals surface area contributed by atoms with Crippen molar-refractivity contribution in [1.29, 1.82) is 0 Å². The average molecular weight is 308 g/mol. The maximum Gasteiger partial charge on any atom is 0.118 e. The fourth-order valence-electron chi connectivity index (χ4n) is 2.82. The van der Waals surface area contributed by atoms with Crippen molar-refractivity contribution in [3.63, 3.8) is 0 Å². The zero-order valence-electron chi connectivity index (χ0n) is 13.6. The van der Waals surface area contributed by atoms with Gasteiger partial charge in [0, 0.05) is 35.2 Å². The highest BCUT2D eigenvalue weighted by atomic mass is 32.2. The Morgan fingerprint density at radius 2 is 2.19 bits per heavy atom. The third kappa shape index (κ3) is 4.51. The molecular formula is C17H28N2OS. The molecule has 1 aromatic heterocycles. The van der Waals surface area contributed by atoms with E-state index in [9.17, 15) is 0 Å². The lowest BCUT2D eigenvalue weighted by Crippen LogP contribution is -2.26. The monoisotopic (exact) mass is 308 g/mol. The number of hydrogen-bond donors (Lipinski definition) is 1. The molecule has 2 aliphatic rings. The van der Waals surface area contributed by atoms with Crippen LogP contribution in [-0.2, 0) is 13.1 Å². The predicted molar refractivity (Wildman–Crippen MR) is 89.7 cm³/mol. The summed E-state index contributed by atoms with van der Waals surface area (Å²) >= 11 is 2.10. The molecule has 3 rings (SSSR count). The van der Waals surface area contributed by atoms with Crippen molar-refractivity contribution in [3.8, 4) is 0 Å². The highest BCUT2D eigenvalue weighted by molar-refractivity contribution is 8.00. The van der Waals surface area contributed by atoms with Crippen LogP contribution < -0.4 is 5.32 Å². The number of rotatable bonds is 5. The lowest BCUT2D eigenvalue weighted by atomic mass is 10.1. The molecular weight excluding hydrogens is 280 g/mol. The Balaban J connectivity index is 1.55. The van der Waals surface area contributed by atoms with Crippen LogP contribution in [0.15, 0.2) is 10.5 Å². The van der Waals surface area contributed by atoms with Gasteiger partial charge in [-0.25, -0.2) is 0 Å². The summed E-state index contributed by atoms with van der Waals surface area (Å²) in [4.78, 5) is 2.54. The van der Waals surface area contributed by atoms with Gasteiger partial charge in [-0.15, -0.1) is 0 Å². The summed E-state index contributed by atoms with van der Waals surface area (Å²) in [5.41, 5.74) is 1.33. The number of nitrogens with zero attached hydrogens (tertiary/aromatic N) is 1. The highest BCUT2D eigenvalue weighted by Gasteiger charge is 2.24. The molecule has 1 N–H and O–H groups in total. The van der Waals surface area contributed by atoms with Crippen molar-refractivity contribution in [1.82, 2.24) is 10.2 Å². The topological polar surface area (TPSA) is 28.4 Å². The van der Waals surface area contributed by atoms with Crippen LogP contribution in [0, 0.1) is 6.92 Å². The van der Waals surface area contributed by atoms with Crippen LogP contribution in [0.1, 0.15) is 50.2 Å². The van der Waals surface area contributed by atoms with Gasteiger partial charge in [0.15, 0.2) is 0 Å². The van der Waals surface area contributed by atoms with Crippen LogP contribution in [0.2, 0.25) is 0 Å². The predicted octanol–water partition coefficient (Wildman–Crippen LogP) is 3.56. The fourth-order valence-corrected chi connectivity index (χ4v) is 3.96. The summed E-state index contributed by atoms with van der Waals surface area (Å²) in [6.45, 7) is 11.1. The number of furan rings is 1. The second-order valence-corrected chi connectivity index (χ2v) is 8.89. The molecule has 21 heavy (non-hydrogen) atoms. The third-order valence-electron chi connectivity index (χ3n) is 4.54. The largest absolute Gasteiger partial charge is 0.465 e. The van der Waals surface area contributed by atoms with Crippen molar-refractivity contribution in [2.24, 2.45) is 0 Å². The summed E-state index contributed by atoms with van der Waals surface area (Å²) in [7, 11) is 0. The first-order valence-corrected chi connectivity index (χ1v) is 9.18. The Morgan fingerprint density at radius 3 is 2.95 bits per heavy atom. The minimum atomic E-state index is 0.424. The molecule has 1 saturated carbocycles. The van der Waals surface area contributed by atoms with Crippen molar-refractivity contribution in [3.05, 3.63) is 23.2 Å². The van der Waals surface area contributed by atoms with Crippen LogP contribution >= 0.6 is 11.8 Å². The van der Waals surface area contributed by atoms with Gasteiger partial charge in [-0.05, 0) is 38.8 Å². The molecule has 0 bridgehead atoms. The van der Waals surface area contributed by atoms with E-state index < -0.39 is 0 Å². The first-order valence-electron chi connectivity index (χ1n) is 8.20. The van der Waals surface area contributed by atoms with Crippen molar-refractivity contribution in [2.45, 2.75) is 63.9 Å². The molecule has 0 spiro atoms. The molecule has 1 saturated heterocycles. The van der Waals surface area contributed by atoms with Gasteiger partial charge in [-0.3, -0.25) is 4.90 Å². The first kappa shape index (κ1) is 15.4. The molecule has 1 aliphatic carbocycles. The van der Waals surface area contributed by atoms with Gasteiger partial charge in [0.2, 0.25) is 0 Å². The molecule has 0 aromatic carbocycles. The van der Waals surface area contributed by atoms with Gasteiger partial charge >= 0.3 is 0 Å². The Morgan fingerprint density at radius 1 is 1.38 bits per heavy atom. The molecule has 0 radical (unpaired) electrons. The normalized spacial score (nSPS) is 23.2. The maximum atomic E-state index is 5.97. The average Bonchev–Trinajstić information content (AvgIpc) is 3.19.